The second kappa shape index (κ2) is 6.31. The van der Waals surface area contributed by atoms with E-state index in [9.17, 15) is 19.7 Å². The monoisotopic (exact) mass is 293 g/mol. The molecule has 1 heterocycles. The third-order valence-corrected chi connectivity index (χ3v) is 3.19. The van der Waals surface area contributed by atoms with Crippen molar-refractivity contribution in [3.63, 3.8) is 0 Å². The first kappa shape index (κ1) is 14.9. The van der Waals surface area contributed by atoms with E-state index >= 15 is 0 Å². The molecule has 0 aliphatic carbocycles. The number of hydrogen-bond acceptors (Lipinski definition) is 6. The third kappa shape index (κ3) is 3.54. The number of methoxy groups -OCH3 is 1. The lowest BCUT2D eigenvalue weighted by atomic mass is 10.1. The summed E-state index contributed by atoms with van der Waals surface area (Å²) in [5.74, 6) is -0.975. The van der Waals surface area contributed by atoms with Gasteiger partial charge in [0.1, 0.15) is 0 Å². The number of nitro groups is 1. The van der Waals surface area contributed by atoms with Gasteiger partial charge in [0.25, 0.3) is 5.69 Å². The van der Waals surface area contributed by atoms with E-state index in [4.69, 9.17) is 0 Å². The van der Waals surface area contributed by atoms with Crippen LogP contribution in [0.15, 0.2) is 18.2 Å². The van der Waals surface area contributed by atoms with Gasteiger partial charge in [-0.3, -0.25) is 14.9 Å². The van der Waals surface area contributed by atoms with Crippen molar-refractivity contribution >= 4 is 23.3 Å². The molecule has 21 heavy (non-hydrogen) atoms. The molecule has 112 valence electrons. The maximum atomic E-state index is 12.0. The fraction of sp³-hybridized carbons (Fsp3) is 0.385. The number of amides is 1. The van der Waals surface area contributed by atoms with E-state index in [2.05, 4.69) is 15.4 Å². The van der Waals surface area contributed by atoms with E-state index in [1.807, 2.05) is 0 Å². The zero-order valence-electron chi connectivity index (χ0n) is 11.4. The van der Waals surface area contributed by atoms with Crippen molar-refractivity contribution < 1.29 is 19.2 Å². The molecule has 0 radical (unpaired) electrons. The Hall–Kier alpha value is -2.48. The number of nitrogens with one attached hydrogen (secondary N) is 2. The number of nitro benzene ring substituents is 1. The van der Waals surface area contributed by atoms with Crippen LogP contribution in [0.1, 0.15) is 23.2 Å². The summed E-state index contributed by atoms with van der Waals surface area (Å²) in [6.45, 7) is 0.764. The van der Waals surface area contributed by atoms with Gasteiger partial charge in [0.2, 0.25) is 5.91 Å². The molecule has 0 saturated carbocycles. The molecule has 0 aromatic heterocycles. The van der Waals surface area contributed by atoms with Crippen molar-refractivity contribution in [1.82, 2.24) is 5.32 Å². The Kier molecular flexibility index (Phi) is 4.49. The molecule has 1 saturated heterocycles. The fourth-order valence-electron chi connectivity index (χ4n) is 2.16. The molecule has 8 nitrogen and oxygen atoms in total. The Morgan fingerprint density at radius 1 is 1.43 bits per heavy atom. The third-order valence-electron chi connectivity index (χ3n) is 3.19. The van der Waals surface area contributed by atoms with E-state index in [-0.39, 0.29) is 28.9 Å². The molecule has 1 fully saturated rings. The highest BCUT2D eigenvalue weighted by molar-refractivity contribution is 5.97. The van der Waals surface area contributed by atoms with Crippen LogP contribution in [0.5, 0.6) is 0 Å². The lowest BCUT2D eigenvalue weighted by Gasteiger charge is -2.11. The Bertz CT molecular complexity index is 581. The SMILES string of the molecule is COC(=O)c1cc(NC(=O)C2CCCN2)cc([N+](=O)[O-])c1. The van der Waals surface area contributed by atoms with Crippen molar-refractivity contribution in [3.8, 4) is 0 Å². The van der Waals surface area contributed by atoms with E-state index in [1.165, 1.54) is 19.2 Å². The minimum atomic E-state index is -0.701. The molecule has 1 aliphatic heterocycles. The Morgan fingerprint density at radius 2 is 2.19 bits per heavy atom. The highest BCUT2D eigenvalue weighted by Crippen LogP contribution is 2.22. The molecule has 0 bridgehead atoms. The van der Waals surface area contributed by atoms with E-state index in [0.717, 1.165) is 19.0 Å². The minimum Gasteiger partial charge on any atom is -0.465 e. The van der Waals surface area contributed by atoms with Crippen LogP contribution in [-0.4, -0.2) is 36.5 Å². The van der Waals surface area contributed by atoms with E-state index in [1.54, 1.807) is 0 Å². The number of rotatable bonds is 4. The van der Waals surface area contributed by atoms with Crippen molar-refractivity contribution in [2.45, 2.75) is 18.9 Å². The van der Waals surface area contributed by atoms with Crippen molar-refractivity contribution in [1.29, 1.82) is 0 Å². The fourth-order valence-corrected chi connectivity index (χ4v) is 2.16. The number of carbonyl (C=O) groups is 2. The summed E-state index contributed by atoms with van der Waals surface area (Å²) in [7, 11) is 1.18. The molecule has 1 atom stereocenters. The standard InChI is InChI=1S/C13H15N3O5/c1-21-13(18)8-5-9(7-10(6-8)16(19)20)15-12(17)11-3-2-4-14-11/h5-7,11,14H,2-4H2,1H3,(H,15,17). The van der Waals surface area contributed by atoms with Crippen LogP contribution < -0.4 is 10.6 Å². The quantitative estimate of drug-likeness (QED) is 0.488. The number of nitrogens with zero attached hydrogens (tertiary/aromatic N) is 1. The second-order valence-corrected chi connectivity index (χ2v) is 4.66. The number of anilines is 1. The second-order valence-electron chi connectivity index (χ2n) is 4.66. The molecule has 1 aromatic rings. The Morgan fingerprint density at radius 3 is 2.76 bits per heavy atom. The first-order chi connectivity index (χ1) is 10.0. The van der Waals surface area contributed by atoms with Crippen LogP contribution in [0.3, 0.4) is 0 Å². The van der Waals surface area contributed by atoms with Gasteiger partial charge in [0.05, 0.1) is 23.6 Å². The van der Waals surface area contributed by atoms with Crippen LogP contribution in [0, 0.1) is 10.1 Å². The van der Waals surface area contributed by atoms with Gasteiger partial charge in [0.15, 0.2) is 0 Å². The smallest absolute Gasteiger partial charge is 0.338 e. The highest BCUT2D eigenvalue weighted by Gasteiger charge is 2.23. The number of hydrogen-bond donors (Lipinski definition) is 2. The molecular weight excluding hydrogens is 278 g/mol. The highest BCUT2D eigenvalue weighted by atomic mass is 16.6. The molecular formula is C13H15N3O5. The van der Waals surface area contributed by atoms with Gasteiger partial charge in [-0.05, 0) is 25.5 Å². The molecule has 1 aromatic carbocycles. The lowest BCUT2D eigenvalue weighted by Crippen LogP contribution is -2.35. The predicted octanol–water partition coefficient (Wildman–Crippen LogP) is 1.07. The van der Waals surface area contributed by atoms with Gasteiger partial charge < -0.3 is 15.4 Å². The molecule has 2 N–H and O–H groups in total. The number of non-ortho nitro benzene ring substituents is 1. The maximum absolute atomic E-state index is 12.0. The number of benzene rings is 1. The maximum Gasteiger partial charge on any atom is 0.338 e. The summed E-state index contributed by atoms with van der Waals surface area (Å²) in [5.41, 5.74) is -0.0720. The zero-order chi connectivity index (χ0) is 15.4. The summed E-state index contributed by atoms with van der Waals surface area (Å²) in [6.07, 6.45) is 1.62. The van der Waals surface area contributed by atoms with Crippen molar-refractivity contribution in [2.24, 2.45) is 0 Å². The summed E-state index contributed by atoms with van der Waals surface area (Å²) in [6, 6.07) is 3.35. The predicted molar refractivity (Wildman–Crippen MR) is 74.1 cm³/mol. The first-order valence-corrected chi connectivity index (χ1v) is 6.43. The van der Waals surface area contributed by atoms with Crippen LogP contribution >= 0.6 is 0 Å². The molecule has 1 amide bonds. The summed E-state index contributed by atoms with van der Waals surface area (Å²) < 4.78 is 4.54. The lowest BCUT2D eigenvalue weighted by molar-refractivity contribution is -0.384. The number of ether oxygens (including phenoxy) is 1. The van der Waals surface area contributed by atoms with Crippen LogP contribution in [0.2, 0.25) is 0 Å². The van der Waals surface area contributed by atoms with Crippen LogP contribution in [0.25, 0.3) is 0 Å². The van der Waals surface area contributed by atoms with Gasteiger partial charge in [-0.15, -0.1) is 0 Å². The van der Waals surface area contributed by atoms with Gasteiger partial charge >= 0.3 is 5.97 Å². The van der Waals surface area contributed by atoms with Crippen LogP contribution in [-0.2, 0) is 9.53 Å². The van der Waals surface area contributed by atoms with Crippen molar-refractivity contribution in [3.05, 3.63) is 33.9 Å². The van der Waals surface area contributed by atoms with Gasteiger partial charge in [-0.2, -0.15) is 0 Å². The largest absolute Gasteiger partial charge is 0.465 e. The van der Waals surface area contributed by atoms with Gasteiger partial charge in [0, 0.05) is 17.8 Å². The number of carbonyl (C=O) groups excluding carboxylic acids is 2. The zero-order valence-corrected chi connectivity index (χ0v) is 11.4. The van der Waals surface area contributed by atoms with Crippen molar-refractivity contribution in [2.75, 3.05) is 19.0 Å². The Labute approximate surface area is 120 Å². The summed E-state index contributed by atoms with van der Waals surface area (Å²) in [5, 5.41) is 16.5. The molecule has 2 rings (SSSR count). The average molecular weight is 293 g/mol. The molecule has 1 aliphatic rings. The van der Waals surface area contributed by atoms with E-state index < -0.39 is 10.9 Å². The minimum absolute atomic E-state index is 0.0152. The molecule has 8 heteroatoms. The topological polar surface area (TPSA) is 111 Å². The Balaban J connectivity index is 2.24. The van der Waals surface area contributed by atoms with Gasteiger partial charge in [-0.1, -0.05) is 0 Å². The molecule has 0 spiro atoms. The summed E-state index contributed by atoms with van der Waals surface area (Å²) in [4.78, 5) is 33.8. The number of esters is 1. The van der Waals surface area contributed by atoms with E-state index in [0.29, 0.717) is 6.42 Å². The molecule has 1 unspecified atom stereocenters. The normalized spacial score (nSPS) is 17.3. The van der Waals surface area contributed by atoms with Crippen LogP contribution in [0.4, 0.5) is 11.4 Å². The average Bonchev–Trinajstić information content (AvgIpc) is 3.00. The summed E-state index contributed by atoms with van der Waals surface area (Å²) >= 11 is 0. The first-order valence-electron chi connectivity index (χ1n) is 6.43. The van der Waals surface area contributed by atoms with Gasteiger partial charge in [-0.25, -0.2) is 4.79 Å².